The van der Waals surface area contributed by atoms with Gasteiger partial charge in [-0.05, 0) is 37.6 Å². The molecule has 0 saturated carbocycles. The van der Waals surface area contributed by atoms with Gasteiger partial charge < -0.3 is 9.47 Å². The number of esters is 1. The fourth-order valence-corrected chi connectivity index (χ4v) is 2.90. The molecule has 0 unspecified atom stereocenters. The van der Waals surface area contributed by atoms with E-state index in [2.05, 4.69) is 11.9 Å². The third kappa shape index (κ3) is 4.97. The summed E-state index contributed by atoms with van der Waals surface area (Å²) in [5.74, 6) is -0.185. The van der Waals surface area contributed by atoms with Crippen LogP contribution in [0.4, 0.5) is 0 Å². The lowest BCUT2D eigenvalue weighted by Crippen LogP contribution is -2.42. The summed E-state index contributed by atoms with van der Waals surface area (Å²) in [6.07, 6.45) is 5.85. The van der Waals surface area contributed by atoms with E-state index in [1.165, 1.54) is 32.3 Å². The number of nitrogens with zero attached hydrogens (tertiary/aromatic N) is 2. The first kappa shape index (κ1) is 21.6. The number of ether oxygens (including phenoxy) is 2. The molecule has 1 aromatic carbocycles. The van der Waals surface area contributed by atoms with E-state index in [1.54, 1.807) is 25.1 Å². The average molecular weight is 388 g/mol. The monoisotopic (exact) mass is 388 g/mol. The zero-order valence-electron chi connectivity index (χ0n) is 16.8. The molecular formula is C21H28N2O5. The highest BCUT2D eigenvalue weighted by atomic mass is 16.6. The van der Waals surface area contributed by atoms with Gasteiger partial charge in [0.25, 0.3) is 0 Å². The standard InChI is InChI=1S/C21H28N2O5/c1-4-6-7-8-9-14-28-17-11-12-18-16(15-17)10-13-19(22-18)21(3,23(25)26)20(24)27-5-2/h10-13,15H,4-9,14H2,1-3H3/t21-/m1/s1. The van der Waals surface area contributed by atoms with E-state index in [1.807, 2.05) is 6.07 Å². The zero-order valence-corrected chi connectivity index (χ0v) is 16.8. The molecular weight excluding hydrogens is 360 g/mol. The summed E-state index contributed by atoms with van der Waals surface area (Å²) in [5, 5.41) is 12.4. The van der Waals surface area contributed by atoms with Crippen molar-refractivity contribution in [2.24, 2.45) is 0 Å². The first-order chi connectivity index (χ1) is 13.4. The van der Waals surface area contributed by atoms with Crippen LogP contribution in [0.25, 0.3) is 10.9 Å². The SMILES string of the molecule is CCCCCCCOc1ccc2nc([C@](C)(C(=O)OCC)[N+](=O)[O-])ccc2c1. The number of aromatic nitrogens is 1. The van der Waals surface area contributed by atoms with Crippen molar-refractivity contribution in [1.29, 1.82) is 0 Å². The quantitative estimate of drug-likeness (QED) is 0.241. The molecule has 1 aromatic heterocycles. The van der Waals surface area contributed by atoms with Crippen molar-refractivity contribution in [2.75, 3.05) is 13.2 Å². The van der Waals surface area contributed by atoms with E-state index in [9.17, 15) is 14.9 Å². The van der Waals surface area contributed by atoms with Crippen LogP contribution in [0.5, 0.6) is 5.75 Å². The maximum Gasteiger partial charge on any atom is 0.391 e. The second-order valence-electron chi connectivity index (χ2n) is 6.86. The van der Waals surface area contributed by atoms with E-state index >= 15 is 0 Å². The second kappa shape index (κ2) is 10.0. The molecule has 1 atom stereocenters. The van der Waals surface area contributed by atoms with Crippen LogP contribution in [0.1, 0.15) is 58.6 Å². The molecule has 0 N–H and O–H groups in total. The van der Waals surface area contributed by atoms with Gasteiger partial charge in [0.2, 0.25) is 0 Å². The summed E-state index contributed by atoms with van der Waals surface area (Å²) < 4.78 is 10.7. The van der Waals surface area contributed by atoms with Crippen molar-refractivity contribution in [3.63, 3.8) is 0 Å². The van der Waals surface area contributed by atoms with Gasteiger partial charge in [0, 0.05) is 17.2 Å². The summed E-state index contributed by atoms with van der Waals surface area (Å²) in [5.41, 5.74) is -1.43. The third-order valence-electron chi connectivity index (χ3n) is 4.71. The molecule has 1 heterocycles. The first-order valence-electron chi connectivity index (χ1n) is 9.79. The Labute approximate surface area is 165 Å². The Morgan fingerprint density at radius 3 is 2.57 bits per heavy atom. The van der Waals surface area contributed by atoms with Crippen molar-refractivity contribution in [3.05, 3.63) is 46.1 Å². The van der Waals surface area contributed by atoms with Gasteiger partial charge in [0.15, 0.2) is 0 Å². The number of carbonyl (C=O) groups excluding carboxylic acids is 1. The number of benzene rings is 1. The van der Waals surface area contributed by atoms with Crippen molar-refractivity contribution in [2.45, 2.75) is 58.4 Å². The van der Waals surface area contributed by atoms with Crippen LogP contribution in [-0.2, 0) is 15.1 Å². The Morgan fingerprint density at radius 2 is 1.89 bits per heavy atom. The third-order valence-corrected chi connectivity index (χ3v) is 4.71. The molecule has 0 radical (unpaired) electrons. The van der Waals surface area contributed by atoms with Crippen molar-refractivity contribution >= 4 is 16.9 Å². The molecule has 0 spiro atoms. The topological polar surface area (TPSA) is 91.6 Å². The lowest BCUT2D eigenvalue weighted by atomic mass is 9.97. The normalized spacial score (nSPS) is 13.1. The van der Waals surface area contributed by atoms with Gasteiger partial charge in [-0.1, -0.05) is 38.7 Å². The van der Waals surface area contributed by atoms with Gasteiger partial charge in [-0.25, -0.2) is 9.78 Å². The number of hydrogen-bond donors (Lipinski definition) is 0. The molecule has 0 aliphatic rings. The Morgan fingerprint density at radius 1 is 1.14 bits per heavy atom. The Bertz CT molecular complexity index is 824. The molecule has 7 heteroatoms. The molecule has 0 amide bonds. The Kier molecular flexibility index (Phi) is 7.72. The number of unbranched alkanes of at least 4 members (excludes halogenated alkanes) is 4. The summed E-state index contributed by atoms with van der Waals surface area (Å²) in [6, 6.07) is 8.60. The van der Waals surface area contributed by atoms with Crippen LogP contribution < -0.4 is 4.74 Å². The van der Waals surface area contributed by atoms with Gasteiger partial charge in [-0.3, -0.25) is 10.1 Å². The summed E-state index contributed by atoms with van der Waals surface area (Å²) in [6.45, 7) is 5.73. The predicted octanol–water partition coefficient (Wildman–Crippen LogP) is 4.64. The minimum Gasteiger partial charge on any atom is -0.494 e. The summed E-state index contributed by atoms with van der Waals surface area (Å²) >= 11 is 0. The van der Waals surface area contributed by atoms with Gasteiger partial charge in [-0.15, -0.1) is 0 Å². The molecule has 28 heavy (non-hydrogen) atoms. The predicted molar refractivity (Wildman–Crippen MR) is 107 cm³/mol. The van der Waals surface area contributed by atoms with Crippen molar-refractivity contribution in [3.8, 4) is 5.75 Å². The molecule has 0 aliphatic heterocycles. The van der Waals surface area contributed by atoms with Crippen molar-refractivity contribution < 1.29 is 19.2 Å². The highest BCUT2D eigenvalue weighted by molar-refractivity contribution is 5.84. The molecule has 152 valence electrons. The number of fused-ring (bicyclic) bond motifs is 1. The van der Waals surface area contributed by atoms with Gasteiger partial charge in [0.05, 0.1) is 18.7 Å². The lowest BCUT2D eigenvalue weighted by molar-refractivity contribution is -0.560. The number of carbonyl (C=O) groups is 1. The molecule has 0 aliphatic carbocycles. The van der Waals surface area contributed by atoms with Crippen LogP contribution in [0.15, 0.2) is 30.3 Å². The molecule has 2 rings (SSSR count). The molecule has 7 nitrogen and oxygen atoms in total. The number of pyridine rings is 1. The largest absolute Gasteiger partial charge is 0.494 e. The highest BCUT2D eigenvalue weighted by Gasteiger charge is 2.51. The van der Waals surface area contributed by atoms with Crippen LogP contribution in [-0.4, -0.2) is 29.1 Å². The zero-order chi connectivity index (χ0) is 20.6. The smallest absolute Gasteiger partial charge is 0.391 e. The van der Waals surface area contributed by atoms with E-state index in [0.717, 1.165) is 24.0 Å². The highest BCUT2D eigenvalue weighted by Crippen LogP contribution is 2.28. The second-order valence-corrected chi connectivity index (χ2v) is 6.86. The van der Waals surface area contributed by atoms with E-state index in [4.69, 9.17) is 9.47 Å². The molecule has 0 bridgehead atoms. The first-order valence-corrected chi connectivity index (χ1v) is 9.79. The number of nitro groups is 1. The Hall–Kier alpha value is -2.70. The Balaban J connectivity index is 2.15. The molecule has 2 aromatic rings. The van der Waals surface area contributed by atoms with Crippen molar-refractivity contribution in [1.82, 2.24) is 4.98 Å². The van der Waals surface area contributed by atoms with E-state index < -0.39 is 16.4 Å². The average Bonchev–Trinajstić information content (AvgIpc) is 2.69. The van der Waals surface area contributed by atoms with Gasteiger partial charge in [0.1, 0.15) is 11.4 Å². The van der Waals surface area contributed by atoms with Crippen LogP contribution >= 0.6 is 0 Å². The fourth-order valence-electron chi connectivity index (χ4n) is 2.90. The number of hydrogen-bond acceptors (Lipinski definition) is 6. The summed E-state index contributed by atoms with van der Waals surface area (Å²) in [7, 11) is 0. The maximum atomic E-state index is 12.2. The fraction of sp³-hybridized carbons (Fsp3) is 0.524. The molecule has 0 fully saturated rings. The van der Waals surface area contributed by atoms with E-state index in [0.29, 0.717) is 12.1 Å². The van der Waals surface area contributed by atoms with Crippen LogP contribution in [0.3, 0.4) is 0 Å². The maximum absolute atomic E-state index is 12.2. The number of rotatable bonds is 11. The molecule has 0 saturated heterocycles. The van der Waals surface area contributed by atoms with Gasteiger partial charge >= 0.3 is 11.5 Å². The summed E-state index contributed by atoms with van der Waals surface area (Å²) in [4.78, 5) is 27.5. The van der Waals surface area contributed by atoms with Gasteiger partial charge in [-0.2, -0.15) is 0 Å². The lowest BCUT2D eigenvalue weighted by Gasteiger charge is -2.18. The van der Waals surface area contributed by atoms with Crippen LogP contribution in [0, 0.1) is 10.1 Å². The minimum absolute atomic E-state index is 0.0491. The van der Waals surface area contributed by atoms with E-state index in [-0.39, 0.29) is 12.3 Å². The minimum atomic E-state index is -2.04. The van der Waals surface area contributed by atoms with Crippen LogP contribution in [0.2, 0.25) is 0 Å².